The van der Waals surface area contributed by atoms with Gasteiger partial charge in [-0.2, -0.15) is 0 Å². The van der Waals surface area contributed by atoms with Gasteiger partial charge in [-0.3, -0.25) is 0 Å². The average Bonchev–Trinajstić information content (AvgIpc) is 2.44. The summed E-state index contributed by atoms with van der Waals surface area (Å²) in [7, 11) is -0.935. The maximum atomic E-state index is 11.3. The number of sulfone groups is 1. The summed E-state index contributed by atoms with van der Waals surface area (Å²) in [6.07, 6.45) is 1.29. The van der Waals surface area contributed by atoms with Crippen LogP contribution in [0.5, 0.6) is 0 Å². The Hall–Kier alpha value is -0.170. The number of hydrogen-bond donors (Lipinski definition) is 1. The molecule has 126 valence electrons. The number of ether oxygens (including phenoxy) is 1. The molecule has 6 heteroatoms. The van der Waals surface area contributed by atoms with Crippen LogP contribution >= 0.6 is 0 Å². The summed E-state index contributed by atoms with van der Waals surface area (Å²) < 4.78 is 28.9. The molecule has 0 amide bonds. The molecule has 2 atom stereocenters. The molecule has 0 spiro atoms. The Morgan fingerprint density at radius 2 is 1.76 bits per heavy atom. The molecule has 0 bridgehead atoms. The van der Waals surface area contributed by atoms with Gasteiger partial charge in [-0.05, 0) is 41.3 Å². The van der Waals surface area contributed by atoms with Gasteiger partial charge in [-0.25, -0.2) is 8.42 Å². The molecular weight excluding hydrogens is 288 g/mol. The van der Waals surface area contributed by atoms with Crippen LogP contribution in [0.3, 0.4) is 0 Å². The molecule has 1 heterocycles. The molecular formula is C15H32N2O3S. The van der Waals surface area contributed by atoms with Crippen molar-refractivity contribution in [2.75, 3.05) is 38.7 Å². The van der Waals surface area contributed by atoms with E-state index in [1.807, 2.05) is 7.05 Å². The van der Waals surface area contributed by atoms with Crippen LogP contribution < -0.4 is 5.32 Å². The van der Waals surface area contributed by atoms with Crippen molar-refractivity contribution in [1.29, 1.82) is 0 Å². The van der Waals surface area contributed by atoms with Crippen LogP contribution in [-0.2, 0) is 14.6 Å². The number of hydrogen-bond acceptors (Lipinski definition) is 5. The third-order valence-corrected chi connectivity index (χ3v) is 5.27. The maximum absolute atomic E-state index is 11.3. The quantitative estimate of drug-likeness (QED) is 0.762. The van der Waals surface area contributed by atoms with Crippen LogP contribution in [0.2, 0.25) is 0 Å². The van der Waals surface area contributed by atoms with Crippen molar-refractivity contribution in [3.05, 3.63) is 0 Å². The topological polar surface area (TPSA) is 58.6 Å². The van der Waals surface area contributed by atoms with Crippen LogP contribution in [0, 0.1) is 5.92 Å². The second kappa shape index (κ2) is 6.52. The molecule has 1 aliphatic heterocycles. The molecule has 2 unspecified atom stereocenters. The molecule has 21 heavy (non-hydrogen) atoms. The number of rotatable bonds is 7. The third-order valence-electron chi connectivity index (χ3n) is 4.35. The Bertz CT molecular complexity index is 446. The highest BCUT2D eigenvalue weighted by Crippen LogP contribution is 2.42. The highest BCUT2D eigenvalue weighted by atomic mass is 32.2. The van der Waals surface area contributed by atoms with Crippen LogP contribution in [0.4, 0.5) is 0 Å². The predicted octanol–water partition coefficient (Wildman–Crippen LogP) is 1.14. The van der Waals surface area contributed by atoms with Gasteiger partial charge in [-0.15, -0.1) is 0 Å². The van der Waals surface area contributed by atoms with E-state index in [0.717, 1.165) is 13.1 Å². The predicted molar refractivity (Wildman–Crippen MR) is 87.4 cm³/mol. The van der Waals surface area contributed by atoms with Crippen molar-refractivity contribution in [3.63, 3.8) is 0 Å². The van der Waals surface area contributed by atoms with E-state index in [4.69, 9.17) is 4.74 Å². The zero-order valence-electron chi connectivity index (χ0n) is 14.6. The molecule has 1 N–H and O–H groups in total. The monoisotopic (exact) mass is 320 g/mol. The Labute approximate surface area is 130 Å². The summed E-state index contributed by atoms with van der Waals surface area (Å²) in [6, 6.07) is 0.262. The van der Waals surface area contributed by atoms with Crippen molar-refractivity contribution >= 4 is 9.84 Å². The Kier molecular flexibility index (Phi) is 5.86. The first-order valence-corrected chi connectivity index (χ1v) is 9.75. The fourth-order valence-corrected chi connectivity index (χ4v) is 4.03. The zero-order chi connectivity index (χ0) is 16.5. The van der Waals surface area contributed by atoms with Crippen LogP contribution in [0.1, 0.15) is 34.6 Å². The van der Waals surface area contributed by atoms with E-state index in [1.165, 1.54) is 6.26 Å². The SMILES string of the molecule is CCNC1C(CN(C)CCS(C)(=O)=O)C(C)(C)OC1(C)C. The summed E-state index contributed by atoms with van der Waals surface area (Å²) in [5.74, 6) is 0.518. The minimum Gasteiger partial charge on any atom is -0.368 e. The van der Waals surface area contributed by atoms with Crippen LogP contribution in [-0.4, -0.2) is 69.3 Å². The van der Waals surface area contributed by atoms with Crippen LogP contribution in [0.25, 0.3) is 0 Å². The largest absolute Gasteiger partial charge is 0.368 e. The second-order valence-corrected chi connectivity index (χ2v) is 9.60. The normalized spacial score (nSPS) is 28.2. The molecule has 1 fully saturated rings. The second-order valence-electron chi connectivity index (χ2n) is 7.34. The van der Waals surface area contributed by atoms with Crippen LogP contribution in [0.15, 0.2) is 0 Å². The van der Waals surface area contributed by atoms with E-state index >= 15 is 0 Å². The van der Waals surface area contributed by atoms with Gasteiger partial charge in [0.15, 0.2) is 0 Å². The molecule has 1 aliphatic rings. The molecule has 5 nitrogen and oxygen atoms in total. The smallest absolute Gasteiger partial charge is 0.148 e. The van der Waals surface area contributed by atoms with Crippen molar-refractivity contribution in [2.45, 2.75) is 51.9 Å². The standard InChI is InChI=1S/C15H32N2O3S/c1-8-16-13-12(14(2,3)20-15(13,4)5)11-17(6)9-10-21(7,18)19/h12-13,16H,8-11H2,1-7H3. The van der Waals surface area contributed by atoms with Crippen molar-refractivity contribution < 1.29 is 13.2 Å². The van der Waals surface area contributed by atoms with Gasteiger partial charge in [0.05, 0.1) is 17.0 Å². The third kappa shape index (κ3) is 5.20. The molecule has 0 aromatic heterocycles. The van der Waals surface area contributed by atoms with E-state index in [1.54, 1.807) is 0 Å². The minimum absolute atomic E-state index is 0.201. The lowest BCUT2D eigenvalue weighted by Gasteiger charge is -2.33. The lowest BCUT2D eigenvalue weighted by atomic mass is 9.82. The van der Waals surface area contributed by atoms with Crippen molar-refractivity contribution in [1.82, 2.24) is 10.2 Å². The molecule has 0 radical (unpaired) electrons. The highest BCUT2D eigenvalue weighted by Gasteiger charge is 2.53. The van der Waals surface area contributed by atoms with Crippen molar-refractivity contribution in [3.8, 4) is 0 Å². The summed E-state index contributed by atoms with van der Waals surface area (Å²) in [5.41, 5.74) is -0.447. The Morgan fingerprint density at radius 1 is 1.19 bits per heavy atom. The first kappa shape index (κ1) is 18.9. The zero-order valence-corrected chi connectivity index (χ0v) is 15.4. The summed E-state index contributed by atoms with van der Waals surface area (Å²) in [6.45, 7) is 12.9. The first-order valence-electron chi connectivity index (χ1n) is 7.69. The molecule has 0 aromatic carbocycles. The van der Waals surface area contributed by atoms with Gasteiger partial charge >= 0.3 is 0 Å². The molecule has 1 rings (SSSR count). The van der Waals surface area contributed by atoms with Gasteiger partial charge in [0, 0.05) is 31.3 Å². The Morgan fingerprint density at radius 3 is 2.24 bits per heavy atom. The molecule has 0 saturated carbocycles. The lowest BCUT2D eigenvalue weighted by molar-refractivity contribution is -0.0791. The average molecular weight is 320 g/mol. The molecule has 0 aromatic rings. The van der Waals surface area contributed by atoms with E-state index < -0.39 is 9.84 Å². The first-order chi connectivity index (χ1) is 9.39. The van der Waals surface area contributed by atoms with Gasteiger partial charge in [0.25, 0.3) is 0 Å². The van der Waals surface area contributed by atoms with E-state index in [0.29, 0.717) is 12.5 Å². The fraction of sp³-hybridized carbons (Fsp3) is 1.00. The number of nitrogens with zero attached hydrogens (tertiary/aromatic N) is 1. The molecule has 0 aliphatic carbocycles. The van der Waals surface area contributed by atoms with Gasteiger partial charge < -0.3 is 15.0 Å². The van der Waals surface area contributed by atoms with Gasteiger partial charge in [0.1, 0.15) is 9.84 Å². The Balaban J connectivity index is 2.77. The van der Waals surface area contributed by atoms with Gasteiger partial charge in [-0.1, -0.05) is 6.92 Å². The summed E-state index contributed by atoms with van der Waals surface area (Å²) in [4.78, 5) is 2.10. The summed E-state index contributed by atoms with van der Waals surface area (Å²) in [5, 5.41) is 3.55. The van der Waals surface area contributed by atoms with E-state index in [-0.39, 0.29) is 23.0 Å². The molecule has 1 saturated heterocycles. The van der Waals surface area contributed by atoms with Gasteiger partial charge in [0.2, 0.25) is 0 Å². The lowest BCUT2D eigenvalue weighted by Crippen LogP contribution is -2.50. The number of nitrogens with one attached hydrogen (secondary N) is 1. The van der Waals surface area contributed by atoms with E-state index in [2.05, 4.69) is 44.8 Å². The minimum atomic E-state index is -2.92. The highest BCUT2D eigenvalue weighted by molar-refractivity contribution is 7.90. The fourth-order valence-electron chi connectivity index (χ4n) is 3.38. The van der Waals surface area contributed by atoms with Crippen molar-refractivity contribution in [2.24, 2.45) is 5.92 Å². The number of likely N-dealkylation sites (N-methyl/N-ethyl adjacent to an activating group) is 1. The maximum Gasteiger partial charge on any atom is 0.148 e. The summed E-state index contributed by atoms with van der Waals surface area (Å²) >= 11 is 0. The van der Waals surface area contributed by atoms with E-state index in [9.17, 15) is 8.42 Å².